The van der Waals surface area contributed by atoms with Crippen LogP contribution in [0.15, 0.2) is 437 Å². The summed E-state index contributed by atoms with van der Waals surface area (Å²) in [4.78, 5) is 4.93. The molecule has 2 heterocycles. The van der Waals surface area contributed by atoms with Gasteiger partial charge in [0, 0.05) is 67.0 Å². The Morgan fingerprint density at radius 3 is 1.03 bits per heavy atom. The van der Waals surface area contributed by atoms with Crippen LogP contribution in [0.25, 0.3) is 186 Å². The molecule has 0 amide bonds. The van der Waals surface area contributed by atoms with Crippen LogP contribution in [-0.2, 0) is 0 Å². The van der Waals surface area contributed by atoms with Gasteiger partial charge in [-0.05, 0) is 271 Å². The van der Waals surface area contributed by atoms with E-state index in [2.05, 4.69) is 456 Å². The molecule has 0 fully saturated rings. The van der Waals surface area contributed by atoms with Gasteiger partial charge in [0.15, 0.2) is 0 Å². The number of hydrogen-bond donors (Lipinski definition) is 0. The molecule has 21 aromatic carbocycles. The summed E-state index contributed by atoms with van der Waals surface area (Å²) in [6.45, 7) is 0. The molecule has 23 aromatic rings. The summed E-state index contributed by atoms with van der Waals surface area (Å²) >= 11 is 0. The molecule has 23 rings (SSSR count). The molecule has 116 heavy (non-hydrogen) atoms. The molecule has 0 aliphatic carbocycles. The third kappa shape index (κ3) is 11.1. The maximum atomic E-state index is 2.49. The number of para-hydroxylation sites is 4. The molecule has 540 valence electrons. The summed E-state index contributed by atoms with van der Waals surface area (Å²) in [5, 5.41) is 21.8. The number of hydrogen-bond acceptors (Lipinski definition) is 2. The Kier molecular flexibility index (Phi) is 15.6. The molecule has 0 N–H and O–H groups in total. The molecular formula is C112H72N4. The quantitative estimate of drug-likeness (QED) is 0.107. The molecule has 0 saturated heterocycles. The summed E-state index contributed by atoms with van der Waals surface area (Å²) in [7, 11) is 0. The lowest BCUT2D eigenvalue weighted by atomic mass is 9.92. The first-order valence-electron chi connectivity index (χ1n) is 40.0. The number of aromatic nitrogens is 2. The van der Waals surface area contributed by atoms with Crippen molar-refractivity contribution in [3.8, 4) is 67.0 Å². The minimum atomic E-state index is 1.05. The van der Waals surface area contributed by atoms with Gasteiger partial charge in [0.1, 0.15) is 0 Å². The van der Waals surface area contributed by atoms with Crippen LogP contribution in [0.5, 0.6) is 0 Å². The van der Waals surface area contributed by atoms with Crippen LogP contribution in [0.1, 0.15) is 0 Å². The Labute approximate surface area is 671 Å². The van der Waals surface area contributed by atoms with Crippen LogP contribution < -0.4 is 9.80 Å². The maximum Gasteiger partial charge on any atom is 0.0553 e. The second kappa shape index (κ2) is 27.2. The first-order valence-corrected chi connectivity index (χ1v) is 40.0. The lowest BCUT2D eigenvalue weighted by Gasteiger charge is -2.28. The van der Waals surface area contributed by atoms with Crippen LogP contribution in [0.2, 0.25) is 0 Å². The molecule has 0 radical (unpaired) electrons. The second-order valence-corrected chi connectivity index (χ2v) is 30.7. The minimum absolute atomic E-state index is 1.05. The molecule has 0 aliphatic rings. The Balaban J connectivity index is 0.643. The van der Waals surface area contributed by atoms with Gasteiger partial charge in [0.05, 0.1) is 22.1 Å². The first kappa shape index (κ1) is 66.4. The summed E-state index contributed by atoms with van der Waals surface area (Å²) in [6.07, 6.45) is 0. The number of fused-ring (bicyclic) bond motifs is 15. The Morgan fingerprint density at radius 2 is 0.474 bits per heavy atom. The van der Waals surface area contributed by atoms with E-state index < -0.39 is 0 Å². The molecular weight excluding hydrogens is 1400 g/mol. The van der Waals surface area contributed by atoms with Gasteiger partial charge in [-0.1, -0.05) is 297 Å². The highest BCUT2D eigenvalue weighted by Gasteiger charge is 2.26. The van der Waals surface area contributed by atoms with E-state index in [0.29, 0.717) is 0 Å². The smallest absolute Gasteiger partial charge is 0.0553 e. The van der Waals surface area contributed by atoms with Crippen LogP contribution in [-0.4, -0.2) is 9.13 Å². The highest BCUT2D eigenvalue weighted by molar-refractivity contribution is 6.25. The Bertz CT molecular complexity index is 7910. The van der Waals surface area contributed by atoms with Crippen molar-refractivity contribution >= 4 is 153 Å². The molecule has 0 bridgehead atoms. The molecule has 2 aromatic heterocycles. The van der Waals surface area contributed by atoms with E-state index in [1.54, 1.807) is 0 Å². The van der Waals surface area contributed by atoms with Crippen LogP contribution >= 0.6 is 0 Å². The van der Waals surface area contributed by atoms with Gasteiger partial charge in [-0.25, -0.2) is 0 Å². The molecule has 0 spiro atoms. The number of nitrogens with zero attached hydrogens (tertiary/aromatic N) is 4. The zero-order valence-corrected chi connectivity index (χ0v) is 63.4. The van der Waals surface area contributed by atoms with Crippen molar-refractivity contribution in [2.24, 2.45) is 0 Å². The number of rotatable bonds is 13. The lowest BCUT2D eigenvalue weighted by molar-refractivity contribution is 1.18. The van der Waals surface area contributed by atoms with Crippen molar-refractivity contribution in [1.29, 1.82) is 0 Å². The predicted molar refractivity (Wildman–Crippen MR) is 494 cm³/mol. The zero-order chi connectivity index (χ0) is 76.3. The van der Waals surface area contributed by atoms with E-state index in [0.717, 1.165) is 90.0 Å². The van der Waals surface area contributed by atoms with Crippen LogP contribution in [0.3, 0.4) is 0 Å². The van der Waals surface area contributed by atoms with Crippen LogP contribution in [0.4, 0.5) is 34.1 Å². The van der Waals surface area contributed by atoms with Gasteiger partial charge in [-0.3, -0.25) is 0 Å². The molecule has 0 unspecified atom stereocenters. The number of benzene rings is 21. The predicted octanol–water partition coefficient (Wildman–Crippen LogP) is 31.2. The van der Waals surface area contributed by atoms with E-state index in [-0.39, 0.29) is 0 Å². The van der Waals surface area contributed by atoms with E-state index in [1.807, 2.05) is 0 Å². The van der Waals surface area contributed by atoms with E-state index in [9.17, 15) is 0 Å². The topological polar surface area (TPSA) is 16.3 Å². The van der Waals surface area contributed by atoms with E-state index in [1.165, 1.54) is 130 Å². The molecule has 0 saturated carbocycles. The van der Waals surface area contributed by atoms with Crippen molar-refractivity contribution in [3.05, 3.63) is 437 Å². The van der Waals surface area contributed by atoms with Gasteiger partial charge in [-0.15, -0.1) is 0 Å². The molecule has 0 aliphatic heterocycles. The van der Waals surface area contributed by atoms with E-state index in [4.69, 9.17) is 0 Å². The van der Waals surface area contributed by atoms with E-state index >= 15 is 0 Å². The normalized spacial score (nSPS) is 11.8. The standard InChI is InChI=1S/C112H72N4/c1-4-25-73(26-5-1)87-63-88(70-96(69-87)114(95-57-59-99-83(66-95)50-49-75-28-12-15-42-97(75)99)92-41-24-35-86(68-92)110-102-44-17-14-31-81(102)72-108-112(110)104-46-19-21-48-106(104)116(108)90-38-8-3-9-39-90)77-33-22-32-76(61-77)79-54-58-98-82(62-79)51-52-84-65-94(56-60-100(84)98)113(93-55-53-74-27-10-11-29-78(74)64-93)91-40-23-34-85(67-91)109-101-43-16-13-30-80(101)71-107-111(109)103-45-18-20-47-105(103)115(107)89-36-6-2-7-37-89/h1-72H. The summed E-state index contributed by atoms with van der Waals surface area (Å²) in [6, 6.07) is 162. The Morgan fingerprint density at radius 1 is 0.147 bits per heavy atom. The fourth-order valence-corrected chi connectivity index (χ4v) is 18.8. The van der Waals surface area contributed by atoms with Gasteiger partial charge < -0.3 is 18.9 Å². The monoisotopic (exact) mass is 1470 g/mol. The van der Waals surface area contributed by atoms with Gasteiger partial charge >= 0.3 is 0 Å². The largest absolute Gasteiger partial charge is 0.310 e. The van der Waals surface area contributed by atoms with Crippen molar-refractivity contribution in [2.45, 2.75) is 0 Å². The SMILES string of the molecule is c1ccc(-c2cc(-c3cccc(-c4ccc5c(ccc6cc(N(c7cccc(-c8c9ccccc9cc9c8c8ccccc8n9-c8ccccc8)c7)c7ccc8ccccc8c7)ccc65)c4)c3)cc(N(c3cccc(-c4c5ccccc5cc5c4c4ccccc4n5-c4ccccc4)c3)c3ccc4c(ccc5ccccc54)c3)c2)cc1. The molecule has 0 atom stereocenters. The second-order valence-electron chi connectivity index (χ2n) is 30.7. The number of anilines is 6. The fourth-order valence-electron chi connectivity index (χ4n) is 18.8. The third-order valence-electron chi connectivity index (χ3n) is 24.1. The average molecular weight is 1470 g/mol. The molecule has 4 nitrogen and oxygen atoms in total. The minimum Gasteiger partial charge on any atom is -0.310 e. The van der Waals surface area contributed by atoms with Gasteiger partial charge in [0.2, 0.25) is 0 Å². The maximum absolute atomic E-state index is 2.49. The van der Waals surface area contributed by atoms with Crippen molar-refractivity contribution < 1.29 is 0 Å². The van der Waals surface area contributed by atoms with Crippen molar-refractivity contribution in [2.75, 3.05) is 9.80 Å². The highest BCUT2D eigenvalue weighted by Crippen LogP contribution is 2.50. The third-order valence-corrected chi connectivity index (χ3v) is 24.1. The highest BCUT2D eigenvalue weighted by atomic mass is 15.1. The van der Waals surface area contributed by atoms with Crippen molar-refractivity contribution in [3.63, 3.8) is 0 Å². The summed E-state index contributed by atoms with van der Waals surface area (Å²) < 4.78 is 4.87. The Hall–Kier alpha value is -15.4. The fraction of sp³-hybridized carbons (Fsp3) is 0. The van der Waals surface area contributed by atoms with Crippen LogP contribution in [0, 0.1) is 0 Å². The average Bonchev–Trinajstić information content (AvgIpc) is 1.55. The zero-order valence-electron chi connectivity index (χ0n) is 63.4. The summed E-state index contributed by atoms with van der Waals surface area (Å²) in [5.41, 5.74) is 24.9. The summed E-state index contributed by atoms with van der Waals surface area (Å²) in [5.74, 6) is 0. The molecule has 4 heteroatoms. The van der Waals surface area contributed by atoms with Gasteiger partial charge in [-0.2, -0.15) is 0 Å². The first-order chi connectivity index (χ1) is 57.5. The lowest BCUT2D eigenvalue weighted by Crippen LogP contribution is -2.10. The van der Waals surface area contributed by atoms with Crippen molar-refractivity contribution in [1.82, 2.24) is 9.13 Å². The van der Waals surface area contributed by atoms with Gasteiger partial charge in [0.25, 0.3) is 0 Å².